The van der Waals surface area contributed by atoms with Crippen molar-refractivity contribution in [1.29, 1.82) is 0 Å². The lowest BCUT2D eigenvalue weighted by Crippen LogP contribution is -1.94. The molecule has 3 aromatic heterocycles. The van der Waals surface area contributed by atoms with Crippen molar-refractivity contribution < 1.29 is 4.42 Å². The van der Waals surface area contributed by atoms with Gasteiger partial charge in [-0.1, -0.05) is 35.3 Å². The SMILES string of the molecule is Cc1ccc(-c2cc(-c3cn(-c4ccc(Cl)cc4)nc3-c3ccc(Cl)cc3)n[nH]2)o1. The zero-order chi connectivity index (χ0) is 20.7. The number of H-pyrrole nitrogens is 1. The van der Waals surface area contributed by atoms with Gasteiger partial charge < -0.3 is 4.42 Å². The maximum absolute atomic E-state index is 6.08. The van der Waals surface area contributed by atoms with Gasteiger partial charge in [0.2, 0.25) is 0 Å². The molecule has 0 saturated heterocycles. The highest BCUT2D eigenvalue weighted by Crippen LogP contribution is 2.33. The molecule has 0 unspecified atom stereocenters. The van der Waals surface area contributed by atoms with Crippen molar-refractivity contribution in [1.82, 2.24) is 20.0 Å². The minimum Gasteiger partial charge on any atom is -0.460 e. The zero-order valence-electron chi connectivity index (χ0n) is 15.9. The van der Waals surface area contributed by atoms with Gasteiger partial charge >= 0.3 is 0 Å². The van der Waals surface area contributed by atoms with Crippen LogP contribution in [-0.2, 0) is 0 Å². The molecule has 0 spiro atoms. The van der Waals surface area contributed by atoms with E-state index in [1.807, 2.05) is 84.5 Å². The van der Waals surface area contributed by atoms with Crippen molar-refractivity contribution in [2.75, 3.05) is 0 Å². The van der Waals surface area contributed by atoms with E-state index >= 15 is 0 Å². The van der Waals surface area contributed by atoms with Crippen LogP contribution in [0.4, 0.5) is 0 Å². The lowest BCUT2D eigenvalue weighted by Gasteiger charge is -2.01. The van der Waals surface area contributed by atoms with Crippen LogP contribution in [0.3, 0.4) is 0 Å². The number of nitrogens with zero attached hydrogens (tertiary/aromatic N) is 3. The fourth-order valence-electron chi connectivity index (χ4n) is 3.27. The van der Waals surface area contributed by atoms with Crippen molar-refractivity contribution in [2.24, 2.45) is 0 Å². The van der Waals surface area contributed by atoms with Crippen molar-refractivity contribution in [3.8, 4) is 39.7 Å². The van der Waals surface area contributed by atoms with Crippen LogP contribution in [0, 0.1) is 6.92 Å². The van der Waals surface area contributed by atoms with E-state index in [2.05, 4.69) is 10.2 Å². The van der Waals surface area contributed by atoms with Gasteiger partial charge in [0.25, 0.3) is 0 Å². The number of furan rings is 1. The smallest absolute Gasteiger partial charge is 0.152 e. The Balaban J connectivity index is 1.63. The minimum absolute atomic E-state index is 0.674. The molecule has 0 aliphatic rings. The second-order valence-corrected chi connectivity index (χ2v) is 7.77. The first-order valence-electron chi connectivity index (χ1n) is 9.31. The summed E-state index contributed by atoms with van der Waals surface area (Å²) in [6.07, 6.45) is 1.96. The fraction of sp³-hybridized carbons (Fsp3) is 0.0435. The summed E-state index contributed by atoms with van der Waals surface area (Å²) < 4.78 is 7.53. The summed E-state index contributed by atoms with van der Waals surface area (Å²) in [7, 11) is 0. The lowest BCUT2D eigenvalue weighted by molar-refractivity contribution is 0.546. The van der Waals surface area contributed by atoms with Crippen LogP contribution in [0.1, 0.15) is 5.76 Å². The molecule has 30 heavy (non-hydrogen) atoms. The molecule has 148 valence electrons. The first-order valence-corrected chi connectivity index (χ1v) is 10.1. The van der Waals surface area contributed by atoms with Crippen LogP contribution in [0.25, 0.3) is 39.7 Å². The summed E-state index contributed by atoms with van der Waals surface area (Å²) in [5.74, 6) is 1.59. The zero-order valence-corrected chi connectivity index (χ0v) is 17.4. The van der Waals surface area contributed by atoms with Gasteiger partial charge in [-0.2, -0.15) is 10.2 Å². The van der Waals surface area contributed by atoms with Gasteiger partial charge in [0.05, 0.1) is 11.4 Å². The summed E-state index contributed by atoms with van der Waals surface area (Å²) in [5.41, 5.74) is 5.11. The van der Waals surface area contributed by atoms with Crippen molar-refractivity contribution in [2.45, 2.75) is 6.92 Å². The van der Waals surface area contributed by atoms with Gasteiger partial charge in [-0.05, 0) is 61.5 Å². The molecule has 5 aromatic rings. The van der Waals surface area contributed by atoms with Crippen molar-refractivity contribution in [3.05, 3.63) is 88.7 Å². The van der Waals surface area contributed by atoms with Crippen LogP contribution < -0.4 is 0 Å². The quantitative estimate of drug-likeness (QED) is 0.338. The summed E-state index contributed by atoms with van der Waals surface area (Å²) in [6, 6.07) is 20.9. The number of hydrogen-bond donors (Lipinski definition) is 1. The highest BCUT2D eigenvalue weighted by molar-refractivity contribution is 6.30. The molecule has 7 heteroatoms. The average Bonchev–Trinajstić information content (AvgIpc) is 3.48. The number of rotatable bonds is 4. The number of aromatic amines is 1. The molecule has 0 aliphatic heterocycles. The van der Waals surface area contributed by atoms with Gasteiger partial charge in [0.1, 0.15) is 17.1 Å². The van der Waals surface area contributed by atoms with Crippen LogP contribution >= 0.6 is 23.2 Å². The van der Waals surface area contributed by atoms with Crippen LogP contribution in [0.15, 0.2) is 77.3 Å². The summed E-state index contributed by atoms with van der Waals surface area (Å²) >= 11 is 12.1. The Morgan fingerprint density at radius 2 is 1.60 bits per heavy atom. The second kappa shape index (κ2) is 7.52. The first-order chi connectivity index (χ1) is 14.6. The van der Waals surface area contributed by atoms with Gasteiger partial charge in [-0.3, -0.25) is 5.10 Å². The van der Waals surface area contributed by atoms with Gasteiger partial charge in [-0.25, -0.2) is 4.68 Å². The Labute approximate surface area is 182 Å². The standard InChI is InChI=1S/C23H16Cl2N4O/c1-14-2-11-22(30-14)21-12-20(26-27-21)19-13-29(18-9-7-17(25)8-10-18)28-23(19)15-3-5-16(24)6-4-15/h2-13H,1H3,(H,26,27). The maximum Gasteiger partial charge on any atom is 0.152 e. The Kier molecular flexibility index (Phi) is 4.69. The summed E-state index contributed by atoms with van der Waals surface area (Å²) in [6.45, 7) is 1.91. The Morgan fingerprint density at radius 1 is 0.900 bits per heavy atom. The number of aromatic nitrogens is 4. The van der Waals surface area contributed by atoms with E-state index in [0.29, 0.717) is 10.0 Å². The van der Waals surface area contributed by atoms with Gasteiger partial charge in [0, 0.05) is 27.4 Å². The second-order valence-electron chi connectivity index (χ2n) is 6.90. The third kappa shape index (κ3) is 3.54. The topological polar surface area (TPSA) is 59.6 Å². The molecule has 3 heterocycles. The van der Waals surface area contributed by atoms with E-state index < -0.39 is 0 Å². The lowest BCUT2D eigenvalue weighted by atomic mass is 10.1. The molecule has 5 rings (SSSR count). The molecule has 1 N–H and O–H groups in total. The molecule has 0 saturated carbocycles. The molecule has 0 radical (unpaired) electrons. The largest absolute Gasteiger partial charge is 0.460 e. The highest BCUT2D eigenvalue weighted by Gasteiger charge is 2.18. The van der Waals surface area contributed by atoms with Gasteiger partial charge in [-0.15, -0.1) is 0 Å². The van der Waals surface area contributed by atoms with E-state index in [9.17, 15) is 0 Å². The van der Waals surface area contributed by atoms with Crippen LogP contribution in [-0.4, -0.2) is 20.0 Å². The van der Waals surface area contributed by atoms with E-state index in [1.165, 1.54) is 0 Å². The maximum atomic E-state index is 6.08. The number of halogens is 2. The number of aryl methyl sites for hydroxylation is 1. The molecule has 0 aliphatic carbocycles. The average molecular weight is 435 g/mol. The predicted molar refractivity (Wildman–Crippen MR) is 119 cm³/mol. The Morgan fingerprint density at radius 3 is 2.27 bits per heavy atom. The molecule has 0 bridgehead atoms. The molecule has 0 amide bonds. The molecule has 5 nitrogen and oxygen atoms in total. The third-order valence-corrected chi connectivity index (χ3v) is 5.29. The first kappa shape index (κ1) is 18.7. The van der Waals surface area contributed by atoms with Gasteiger partial charge in [0.15, 0.2) is 5.76 Å². The number of hydrogen-bond acceptors (Lipinski definition) is 3. The Bertz CT molecular complexity index is 1310. The van der Waals surface area contributed by atoms with Crippen LogP contribution in [0.2, 0.25) is 10.0 Å². The monoisotopic (exact) mass is 434 g/mol. The number of nitrogens with one attached hydrogen (secondary N) is 1. The summed E-state index contributed by atoms with van der Waals surface area (Å²) in [5, 5.41) is 13.7. The van der Waals surface area contributed by atoms with E-state index in [0.717, 1.165) is 45.4 Å². The molecular formula is C23H16Cl2N4O. The van der Waals surface area contributed by atoms with Crippen molar-refractivity contribution in [3.63, 3.8) is 0 Å². The molecule has 2 aromatic carbocycles. The molecule has 0 atom stereocenters. The minimum atomic E-state index is 0.674. The molecular weight excluding hydrogens is 419 g/mol. The van der Waals surface area contributed by atoms with Crippen LogP contribution in [0.5, 0.6) is 0 Å². The van der Waals surface area contributed by atoms with E-state index in [1.54, 1.807) is 0 Å². The highest BCUT2D eigenvalue weighted by atomic mass is 35.5. The van der Waals surface area contributed by atoms with Crippen molar-refractivity contribution >= 4 is 23.2 Å². The normalized spacial score (nSPS) is 11.2. The molecule has 0 fully saturated rings. The third-order valence-electron chi connectivity index (χ3n) is 4.78. The predicted octanol–water partition coefficient (Wildman–Crippen LogP) is 6.80. The van der Waals surface area contributed by atoms with E-state index in [4.69, 9.17) is 32.7 Å². The number of benzene rings is 2. The van der Waals surface area contributed by atoms with E-state index in [-0.39, 0.29) is 0 Å². The fourth-order valence-corrected chi connectivity index (χ4v) is 3.53. The Hall–Kier alpha value is -3.28. The summed E-state index contributed by atoms with van der Waals surface area (Å²) in [4.78, 5) is 0.